The summed E-state index contributed by atoms with van der Waals surface area (Å²) in [6.07, 6.45) is 1.42. The van der Waals surface area contributed by atoms with Crippen LogP contribution in [-0.2, 0) is 26.2 Å². The van der Waals surface area contributed by atoms with Crippen LogP contribution >= 0.6 is 15.9 Å². The average molecular weight is 587 g/mol. The number of fused-ring (bicyclic) bond motifs is 1. The molecule has 192 valence electrons. The topological polar surface area (TPSA) is 126 Å². The first kappa shape index (κ1) is 26.3. The molecule has 3 aromatic carbocycles. The van der Waals surface area contributed by atoms with Gasteiger partial charge < -0.3 is 14.8 Å². The molecule has 0 fully saturated rings. The minimum atomic E-state index is -4.06. The van der Waals surface area contributed by atoms with Crippen LogP contribution in [0.1, 0.15) is 18.1 Å². The molecule has 0 atom stereocenters. The number of nitrogens with one attached hydrogen (secondary N) is 2. The number of nitrogens with zero attached hydrogens (tertiary/aromatic N) is 2. The largest absolute Gasteiger partial charge is 0.454 e. The lowest BCUT2D eigenvalue weighted by Gasteiger charge is -2.21. The van der Waals surface area contributed by atoms with E-state index in [1.54, 1.807) is 36.4 Å². The monoisotopic (exact) mass is 586 g/mol. The minimum Gasteiger partial charge on any atom is -0.454 e. The van der Waals surface area contributed by atoms with Crippen molar-refractivity contribution in [3.05, 3.63) is 82.3 Å². The second-order valence-corrected chi connectivity index (χ2v) is 10.8. The Balaban J connectivity index is 1.50. The first-order valence-electron chi connectivity index (χ1n) is 11.0. The highest BCUT2D eigenvalue weighted by Crippen LogP contribution is 2.36. The molecule has 0 radical (unpaired) electrons. The fraction of sp³-hybridized carbons (Fsp3) is 0.160. The smallest absolute Gasteiger partial charge is 0.255 e. The van der Waals surface area contributed by atoms with Crippen LogP contribution in [0.25, 0.3) is 0 Å². The van der Waals surface area contributed by atoms with E-state index < -0.39 is 22.5 Å². The molecule has 0 aromatic heterocycles. The van der Waals surface area contributed by atoms with Gasteiger partial charge in [0.1, 0.15) is 0 Å². The van der Waals surface area contributed by atoms with Crippen LogP contribution in [0.5, 0.6) is 11.5 Å². The zero-order valence-corrected chi connectivity index (χ0v) is 22.1. The Kier molecular flexibility index (Phi) is 8.21. The Morgan fingerprint density at radius 1 is 1.05 bits per heavy atom. The summed E-state index contributed by atoms with van der Waals surface area (Å²) in [5.41, 5.74) is 4.19. The van der Waals surface area contributed by atoms with Crippen LogP contribution in [0.2, 0.25) is 0 Å². The van der Waals surface area contributed by atoms with Crippen LogP contribution in [0.4, 0.5) is 5.69 Å². The molecule has 37 heavy (non-hydrogen) atoms. The van der Waals surface area contributed by atoms with E-state index in [0.717, 1.165) is 4.31 Å². The Morgan fingerprint density at radius 2 is 1.73 bits per heavy atom. The third kappa shape index (κ3) is 6.73. The summed E-state index contributed by atoms with van der Waals surface area (Å²) in [5, 5.41) is 6.56. The van der Waals surface area contributed by atoms with Crippen molar-refractivity contribution < 1.29 is 27.5 Å². The highest BCUT2D eigenvalue weighted by molar-refractivity contribution is 9.10. The number of hydrazone groups is 1. The molecule has 0 saturated heterocycles. The highest BCUT2D eigenvalue weighted by Gasteiger charge is 2.27. The van der Waals surface area contributed by atoms with Gasteiger partial charge in [-0.3, -0.25) is 9.59 Å². The van der Waals surface area contributed by atoms with E-state index in [1.807, 2.05) is 6.07 Å². The summed E-state index contributed by atoms with van der Waals surface area (Å²) in [6, 6.07) is 18.1. The van der Waals surface area contributed by atoms with E-state index in [4.69, 9.17) is 9.47 Å². The van der Waals surface area contributed by atoms with Crippen molar-refractivity contribution in [1.82, 2.24) is 9.73 Å². The molecule has 2 N–H and O–H groups in total. The molecular formula is C25H23BrN4O6S. The fourth-order valence-electron chi connectivity index (χ4n) is 3.48. The molecule has 0 spiro atoms. The molecule has 1 aliphatic heterocycles. The zero-order chi connectivity index (χ0) is 26.4. The molecule has 0 bridgehead atoms. The minimum absolute atomic E-state index is 0.0156. The number of benzene rings is 3. The molecule has 0 aliphatic carbocycles. The maximum atomic E-state index is 13.4. The third-order valence-electron chi connectivity index (χ3n) is 5.22. The molecule has 0 unspecified atom stereocenters. The molecule has 2 amide bonds. The number of carbonyl (C=O) groups is 2. The van der Waals surface area contributed by atoms with Gasteiger partial charge in [0.2, 0.25) is 22.7 Å². The SMILES string of the molecule is CC(=O)Nc1ccc(S(=O)(=O)N(CC(=O)NN=Cc2cc3c(cc2Br)OCO3)Cc2ccccc2)cc1. The van der Waals surface area contributed by atoms with Crippen molar-refractivity contribution in [3.63, 3.8) is 0 Å². The number of anilines is 1. The van der Waals surface area contributed by atoms with Gasteiger partial charge in [0, 0.05) is 29.2 Å². The molecule has 1 aliphatic rings. The van der Waals surface area contributed by atoms with Gasteiger partial charge in [0.15, 0.2) is 11.5 Å². The van der Waals surface area contributed by atoms with Crippen LogP contribution in [0, 0.1) is 0 Å². The van der Waals surface area contributed by atoms with Crippen molar-refractivity contribution >= 4 is 49.7 Å². The number of sulfonamides is 1. The maximum absolute atomic E-state index is 13.4. The summed E-state index contributed by atoms with van der Waals surface area (Å²) in [7, 11) is -4.06. The predicted molar refractivity (Wildman–Crippen MR) is 141 cm³/mol. The van der Waals surface area contributed by atoms with Crippen molar-refractivity contribution in [2.45, 2.75) is 18.4 Å². The molecule has 4 rings (SSSR count). The fourth-order valence-corrected chi connectivity index (χ4v) is 5.29. The van der Waals surface area contributed by atoms with Crippen molar-refractivity contribution in [2.24, 2.45) is 5.10 Å². The molecule has 3 aromatic rings. The lowest BCUT2D eigenvalue weighted by molar-refractivity contribution is -0.121. The quantitative estimate of drug-likeness (QED) is 0.292. The van der Waals surface area contributed by atoms with Crippen molar-refractivity contribution in [1.29, 1.82) is 0 Å². The van der Waals surface area contributed by atoms with Crippen molar-refractivity contribution in [3.8, 4) is 11.5 Å². The second-order valence-electron chi connectivity index (χ2n) is 7.98. The Morgan fingerprint density at radius 3 is 2.41 bits per heavy atom. The van der Waals surface area contributed by atoms with Gasteiger partial charge in [-0.05, 0) is 57.9 Å². The van der Waals surface area contributed by atoms with Crippen LogP contribution in [0.3, 0.4) is 0 Å². The lowest BCUT2D eigenvalue weighted by Crippen LogP contribution is -2.39. The Labute approximate surface area is 222 Å². The van der Waals surface area contributed by atoms with Gasteiger partial charge in [0.25, 0.3) is 5.91 Å². The number of hydrogen-bond donors (Lipinski definition) is 2. The maximum Gasteiger partial charge on any atom is 0.255 e. The molecule has 0 saturated carbocycles. The first-order valence-corrected chi connectivity index (χ1v) is 13.3. The summed E-state index contributed by atoms with van der Waals surface area (Å²) in [5.74, 6) is 0.259. The van der Waals surface area contributed by atoms with Crippen LogP contribution in [-0.4, -0.2) is 44.1 Å². The molecule has 12 heteroatoms. The molecule has 10 nitrogen and oxygen atoms in total. The first-order chi connectivity index (χ1) is 17.7. The predicted octanol–water partition coefficient (Wildman–Crippen LogP) is 3.48. The standard InChI is InChI=1S/C25H23BrN4O6S/c1-17(31)28-20-7-9-21(10-8-20)37(33,34)30(14-18-5-3-2-4-6-18)15-25(32)29-27-13-19-11-23-24(12-22(19)26)36-16-35-23/h2-13H,14-16H2,1H3,(H,28,31)(H,29,32). The van der Waals surface area contributed by atoms with E-state index >= 15 is 0 Å². The van der Waals surface area contributed by atoms with E-state index in [-0.39, 0.29) is 24.1 Å². The van der Waals surface area contributed by atoms with Gasteiger partial charge in [-0.2, -0.15) is 9.41 Å². The molecular weight excluding hydrogens is 564 g/mol. The van der Waals surface area contributed by atoms with E-state index in [0.29, 0.717) is 32.8 Å². The van der Waals surface area contributed by atoms with Gasteiger partial charge in [-0.25, -0.2) is 13.8 Å². The van der Waals surface area contributed by atoms with E-state index in [2.05, 4.69) is 31.8 Å². The third-order valence-corrected chi connectivity index (χ3v) is 7.71. The summed E-state index contributed by atoms with van der Waals surface area (Å²) in [4.78, 5) is 24.0. The highest BCUT2D eigenvalue weighted by atomic mass is 79.9. The Bertz CT molecular complexity index is 1430. The molecule has 1 heterocycles. The van der Waals surface area contributed by atoms with Gasteiger partial charge in [0.05, 0.1) is 17.7 Å². The summed E-state index contributed by atoms with van der Waals surface area (Å²) in [6.45, 7) is 0.991. The summed E-state index contributed by atoms with van der Waals surface area (Å²) < 4.78 is 39.3. The van der Waals surface area contributed by atoms with Crippen molar-refractivity contribution in [2.75, 3.05) is 18.7 Å². The number of amides is 2. The number of hydrogen-bond acceptors (Lipinski definition) is 7. The average Bonchev–Trinajstić information content (AvgIpc) is 3.31. The van der Waals surface area contributed by atoms with E-state index in [1.165, 1.54) is 37.4 Å². The zero-order valence-electron chi connectivity index (χ0n) is 19.7. The number of halogens is 1. The van der Waals surface area contributed by atoms with Gasteiger partial charge in [-0.15, -0.1) is 0 Å². The second kappa shape index (κ2) is 11.5. The van der Waals surface area contributed by atoms with Gasteiger partial charge in [-0.1, -0.05) is 30.3 Å². The lowest BCUT2D eigenvalue weighted by atomic mass is 10.2. The normalized spacial score (nSPS) is 12.6. The van der Waals surface area contributed by atoms with Crippen LogP contribution < -0.4 is 20.2 Å². The summed E-state index contributed by atoms with van der Waals surface area (Å²) >= 11 is 3.41. The number of ether oxygens (including phenoxy) is 2. The Hall–Kier alpha value is -3.74. The van der Waals surface area contributed by atoms with E-state index in [9.17, 15) is 18.0 Å². The van der Waals surface area contributed by atoms with Gasteiger partial charge >= 0.3 is 0 Å². The number of carbonyl (C=O) groups excluding carboxylic acids is 2. The number of rotatable bonds is 9. The van der Waals surface area contributed by atoms with Crippen LogP contribution in [0.15, 0.2) is 81.2 Å².